The molecule has 1 aliphatic heterocycles. The number of amides is 1. The van der Waals surface area contributed by atoms with Crippen LogP contribution in [0.15, 0.2) is 36.5 Å². The van der Waals surface area contributed by atoms with E-state index < -0.39 is 0 Å². The van der Waals surface area contributed by atoms with Crippen molar-refractivity contribution in [1.29, 1.82) is 0 Å². The van der Waals surface area contributed by atoms with Crippen LogP contribution in [-0.2, 0) is 4.74 Å². The molecule has 33 heavy (non-hydrogen) atoms. The number of carbonyl (C=O) groups excluding carboxylic acids is 1. The van der Waals surface area contributed by atoms with Gasteiger partial charge in [-0.15, -0.1) is 11.3 Å². The van der Waals surface area contributed by atoms with E-state index in [0.29, 0.717) is 5.92 Å². The molecule has 1 aliphatic carbocycles. The van der Waals surface area contributed by atoms with Gasteiger partial charge in [-0.25, -0.2) is 4.98 Å². The zero-order chi connectivity index (χ0) is 22.8. The van der Waals surface area contributed by atoms with Crippen molar-refractivity contribution in [2.24, 2.45) is 0 Å². The standard InChI is InChI=1S/C26H32N4O2S/c1-29(2)26(31)25-24(18-7-4-3-5-8-18)21-16-23(27-17-22(21)33-25)28-19-9-6-10-20(15-19)30-11-13-32-14-12-30/h6,9-10,15-18H,3-5,7-8,11-14H2,1-2H3,(H,27,28). The van der Waals surface area contributed by atoms with Gasteiger partial charge in [0, 0.05) is 50.1 Å². The van der Waals surface area contributed by atoms with Gasteiger partial charge in [0.1, 0.15) is 5.82 Å². The van der Waals surface area contributed by atoms with Crippen LogP contribution in [0.5, 0.6) is 0 Å². The molecule has 0 radical (unpaired) electrons. The fourth-order valence-electron chi connectivity index (χ4n) is 5.00. The number of fused-ring (bicyclic) bond motifs is 1. The zero-order valence-electron chi connectivity index (χ0n) is 19.5. The lowest BCUT2D eigenvalue weighted by atomic mass is 9.83. The minimum absolute atomic E-state index is 0.101. The van der Waals surface area contributed by atoms with Crippen molar-refractivity contribution in [3.63, 3.8) is 0 Å². The van der Waals surface area contributed by atoms with Crippen molar-refractivity contribution < 1.29 is 9.53 Å². The van der Waals surface area contributed by atoms with Gasteiger partial charge in [0.05, 0.1) is 22.8 Å². The highest BCUT2D eigenvalue weighted by molar-refractivity contribution is 7.21. The molecule has 2 aromatic heterocycles. The van der Waals surface area contributed by atoms with Gasteiger partial charge in [0.25, 0.3) is 5.91 Å². The summed E-state index contributed by atoms with van der Waals surface area (Å²) in [6, 6.07) is 10.6. The third-order valence-corrected chi connectivity index (χ3v) is 7.87. The van der Waals surface area contributed by atoms with Gasteiger partial charge in [-0.1, -0.05) is 25.3 Å². The molecule has 0 atom stereocenters. The highest BCUT2D eigenvalue weighted by atomic mass is 32.1. The Labute approximate surface area is 199 Å². The van der Waals surface area contributed by atoms with Crippen LogP contribution in [0, 0.1) is 0 Å². The highest BCUT2D eigenvalue weighted by Gasteiger charge is 2.27. The molecule has 3 aromatic rings. The summed E-state index contributed by atoms with van der Waals surface area (Å²) in [5, 5.41) is 4.69. The first-order valence-corrected chi connectivity index (χ1v) is 12.8. The lowest BCUT2D eigenvalue weighted by molar-refractivity contribution is 0.0830. The number of hydrogen-bond donors (Lipinski definition) is 1. The number of benzene rings is 1. The third kappa shape index (κ3) is 4.70. The molecule has 3 heterocycles. The second kappa shape index (κ2) is 9.69. The van der Waals surface area contributed by atoms with Crippen molar-refractivity contribution in [2.75, 3.05) is 50.6 Å². The number of thiophene rings is 1. The van der Waals surface area contributed by atoms with Gasteiger partial charge in [-0.05, 0) is 48.6 Å². The fraction of sp³-hybridized carbons (Fsp3) is 0.462. The fourth-order valence-corrected chi connectivity index (χ4v) is 6.26. The average molecular weight is 465 g/mol. The molecule has 5 rings (SSSR count). The Balaban J connectivity index is 1.48. The molecule has 0 unspecified atom stereocenters. The molecular weight excluding hydrogens is 432 g/mol. The Kier molecular flexibility index (Phi) is 6.51. The van der Waals surface area contributed by atoms with E-state index in [-0.39, 0.29) is 5.91 Å². The number of pyridine rings is 1. The first kappa shape index (κ1) is 22.2. The van der Waals surface area contributed by atoms with Crippen LogP contribution in [0.4, 0.5) is 17.2 Å². The number of nitrogens with one attached hydrogen (secondary N) is 1. The lowest BCUT2D eigenvalue weighted by Gasteiger charge is -2.29. The average Bonchev–Trinajstić information content (AvgIpc) is 3.23. The monoisotopic (exact) mass is 464 g/mol. The molecule has 6 nitrogen and oxygen atoms in total. The molecule has 1 aromatic carbocycles. The minimum Gasteiger partial charge on any atom is -0.378 e. The maximum Gasteiger partial charge on any atom is 0.263 e. The summed E-state index contributed by atoms with van der Waals surface area (Å²) in [5.41, 5.74) is 3.45. The van der Waals surface area contributed by atoms with Crippen LogP contribution in [0.3, 0.4) is 0 Å². The summed E-state index contributed by atoms with van der Waals surface area (Å²) < 4.78 is 6.58. The van der Waals surface area contributed by atoms with Crippen LogP contribution in [0.2, 0.25) is 0 Å². The summed E-state index contributed by atoms with van der Waals surface area (Å²) in [6.45, 7) is 3.37. The van der Waals surface area contributed by atoms with E-state index in [0.717, 1.165) is 60.2 Å². The van der Waals surface area contributed by atoms with Gasteiger partial charge in [-0.2, -0.15) is 0 Å². The predicted molar refractivity (Wildman–Crippen MR) is 136 cm³/mol. The zero-order valence-corrected chi connectivity index (χ0v) is 20.3. The van der Waals surface area contributed by atoms with E-state index in [4.69, 9.17) is 4.74 Å². The van der Waals surface area contributed by atoms with E-state index in [2.05, 4.69) is 45.5 Å². The molecular formula is C26H32N4O2S. The minimum atomic E-state index is 0.101. The SMILES string of the molecule is CN(C)C(=O)c1sc2cnc(Nc3cccc(N4CCOCC4)c3)cc2c1C1CCCCC1. The maximum absolute atomic E-state index is 13.0. The second-order valence-corrected chi connectivity index (χ2v) is 10.3. The Morgan fingerprint density at radius 2 is 1.94 bits per heavy atom. The molecule has 174 valence electrons. The van der Waals surface area contributed by atoms with E-state index in [1.807, 2.05) is 20.3 Å². The van der Waals surface area contributed by atoms with Gasteiger partial charge >= 0.3 is 0 Å². The number of rotatable bonds is 5. The molecule has 7 heteroatoms. The largest absolute Gasteiger partial charge is 0.378 e. The first-order chi connectivity index (χ1) is 16.1. The van der Waals surface area contributed by atoms with E-state index in [9.17, 15) is 4.79 Å². The first-order valence-electron chi connectivity index (χ1n) is 11.9. The number of nitrogens with zero attached hydrogens (tertiary/aromatic N) is 3. The Hall–Kier alpha value is -2.64. The summed E-state index contributed by atoms with van der Waals surface area (Å²) in [5.74, 6) is 1.37. The molecule has 2 fully saturated rings. The molecule has 0 bridgehead atoms. The van der Waals surface area contributed by atoms with E-state index >= 15 is 0 Å². The smallest absolute Gasteiger partial charge is 0.263 e. The highest BCUT2D eigenvalue weighted by Crippen LogP contribution is 2.43. The Morgan fingerprint density at radius 1 is 1.15 bits per heavy atom. The van der Waals surface area contributed by atoms with Crippen LogP contribution < -0.4 is 10.2 Å². The molecule has 1 saturated carbocycles. The van der Waals surface area contributed by atoms with Crippen LogP contribution in [0.25, 0.3) is 10.1 Å². The number of anilines is 3. The molecule has 1 amide bonds. The molecule has 1 saturated heterocycles. The van der Waals surface area contributed by atoms with Gasteiger partial charge in [0.2, 0.25) is 0 Å². The summed E-state index contributed by atoms with van der Waals surface area (Å²) in [6.07, 6.45) is 8.01. The topological polar surface area (TPSA) is 57.7 Å². The predicted octanol–water partition coefficient (Wildman–Crippen LogP) is 5.63. The molecule has 0 spiro atoms. The maximum atomic E-state index is 13.0. The molecule has 2 aliphatic rings. The number of aromatic nitrogens is 1. The van der Waals surface area contributed by atoms with Gasteiger partial charge < -0.3 is 19.9 Å². The number of morpholine rings is 1. The summed E-state index contributed by atoms with van der Waals surface area (Å²) >= 11 is 1.59. The van der Waals surface area contributed by atoms with Crippen molar-refractivity contribution in [3.8, 4) is 0 Å². The van der Waals surface area contributed by atoms with E-state index in [1.165, 1.54) is 35.9 Å². The van der Waals surface area contributed by atoms with Crippen LogP contribution >= 0.6 is 11.3 Å². The third-order valence-electron chi connectivity index (χ3n) is 6.72. The van der Waals surface area contributed by atoms with Crippen molar-refractivity contribution in [3.05, 3.63) is 47.0 Å². The summed E-state index contributed by atoms with van der Waals surface area (Å²) in [7, 11) is 3.67. The number of hydrogen-bond acceptors (Lipinski definition) is 6. The Bertz CT molecular complexity index is 1130. The van der Waals surface area contributed by atoms with Crippen molar-refractivity contribution in [2.45, 2.75) is 38.0 Å². The second-order valence-electron chi connectivity index (χ2n) is 9.22. The summed E-state index contributed by atoms with van der Waals surface area (Å²) in [4.78, 5) is 22.6. The quantitative estimate of drug-likeness (QED) is 0.531. The lowest BCUT2D eigenvalue weighted by Crippen LogP contribution is -2.36. The number of carbonyl (C=O) groups is 1. The van der Waals surface area contributed by atoms with Gasteiger partial charge in [-0.3, -0.25) is 4.79 Å². The van der Waals surface area contributed by atoms with Crippen molar-refractivity contribution >= 4 is 44.5 Å². The van der Waals surface area contributed by atoms with Crippen molar-refractivity contribution in [1.82, 2.24) is 9.88 Å². The molecule has 1 N–H and O–H groups in total. The Morgan fingerprint density at radius 3 is 2.70 bits per heavy atom. The van der Waals surface area contributed by atoms with Gasteiger partial charge in [0.15, 0.2) is 0 Å². The number of ether oxygens (including phenoxy) is 1. The normalized spacial score (nSPS) is 17.3. The van der Waals surface area contributed by atoms with E-state index in [1.54, 1.807) is 16.2 Å². The van der Waals surface area contributed by atoms with Crippen LogP contribution in [0.1, 0.15) is 53.3 Å². The van der Waals surface area contributed by atoms with Crippen LogP contribution in [-0.4, -0.2) is 56.2 Å².